The minimum Gasteiger partial charge on any atom is -0.310 e. The molecule has 1 aromatic carbocycles. The van der Waals surface area contributed by atoms with Crippen molar-refractivity contribution in [1.82, 2.24) is 15.1 Å². The first-order chi connectivity index (χ1) is 10.2. The highest BCUT2D eigenvalue weighted by molar-refractivity contribution is 6.31. The Morgan fingerprint density at radius 3 is 2.67 bits per heavy atom. The Hall–Kier alpha value is -1.32. The Balaban J connectivity index is 1.84. The van der Waals surface area contributed by atoms with Crippen LogP contribution in [-0.4, -0.2) is 15.8 Å². The topological polar surface area (TPSA) is 29.9 Å². The molecule has 1 aromatic heterocycles. The van der Waals surface area contributed by atoms with Crippen LogP contribution in [0.5, 0.6) is 0 Å². The third-order valence-corrected chi connectivity index (χ3v) is 4.35. The van der Waals surface area contributed by atoms with Crippen molar-refractivity contribution in [2.24, 2.45) is 0 Å². The second kappa shape index (κ2) is 6.20. The molecule has 2 aromatic rings. The molecule has 0 spiro atoms. The van der Waals surface area contributed by atoms with E-state index in [4.69, 9.17) is 11.6 Å². The van der Waals surface area contributed by atoms with Crippen molar-refractivity contribution in [2.45, 2.75) is 52.1 Å². The lowest BCUT2D eigenvalue weighted by Gasteiger charge is -2.10. The average Bonchev–Trinajstić information content (AvgIpc) is 3.23. The van der Waals surface area contributed by atoms with E-state index in [1.807, 2.05) is 10.7 Å². The molecule has 0 saturated heterocycles. The Kier molecular flexibility index (Phi) is 4.32. The van der Waals surface area contributed by atoms with E-state index in [1.165, 1.54) is 18.5 Å². The van der Waals surface area contributed by atoms with E-state index in [9.17, 15) is 0 Å². The molecule has 1 heterocycles. The number of aromatic nitrogens is 2. The van der Waals surface area contributed by atoms with Crippen LogP contribution in [0.15, 0.2) is 24.3 Å². The van der Waals surface area contributed by atoms with Crippen molar-refractivity contribution < 1.29 is 0 Å². The van der Waals surface area contributed by atoms with Gasteiger partial charge in [-0.1, -0.05) is 31.5 Å². The number of hydrogen-bond acceptors (Lipinski definition) is 2. The first-order valence-corrected chi connectivity index (χ1v) is 8.19. The molecule has 0 atom stereocenters. The summed E-state index contributed by atoms with van der Waals surface area (Å²) in [7, 11) is 0. The molecular formula is C17H22ClN3. The Morgan fingerprint density at radius 1 is 1.24 bits per heavy atom. The van der Waals surface area contributed by atoms with Gasteiger partial charge in [0, 0.05) is 23.3 Å². The van der Waals surface area contributed by atoms with Gasteiger partial charge in [0.05, 0.1) is 11.4 Å². The average molecular weight is 304 g/mol. The standard InChI is InChI=1S/C17H22ClN3/c1-3-13-9-15(4-2)21(20-13)16-8-5-12(17(18)10-16)11-19-14-6-7-14/h5,8-10,14,19H,3-4,6-7,11H2,1-2H3. The fourth-order valence-corrected chi connectivity index (χ4v) is 2.72. The molecule has 0 radical (unpaired) electrons. The lowest BCUT2D eigenvalue weighted by atomic mass is 10.2. The summed E-state index contributed by atoms with van der Waals surface area (Å²) in [5.41, 5.74) is 4.56. The van der Waals surface area contributed by atoms with Crippen LogP contribution in [0.4, 0.5) is 0 Å². The van der Waals surface area contributed by atoms with Crippen LogP contribution < -0.4 is 5.32 Å². The van der Waals surface area contributed by atoms with Crippen molar-refractivity contribution >= 4 is 11.6 Å². The highest BCUT2D eigenvalue weighted by atomic mass is 35.5. The summed E-state index contributed by atoms with van der Waals surface area (Å²) in [6.07, 6.45) is 4.51. The molecule has 0 bridgehead atoms. The van der Waals surface area contributed by atoms with E-state index < -0.39 is 0 Å². The van der Waals surface area contributed by atoms with Gasteiger partial charge in [0.1, 0.15) is 0 Å². The molecule has 3 nitrogen and oxygen atoms in total. The quantitative estimate of drug-likeness (QED) is 0.877. The number of benzene rings is 1. The second-order valence-corrected chi connectivity index (χ2v) is 6.08. The van der Waals surface area contributed by atoms with Gasteiger partial charge in [0.25, 0.3) is 0 Å². The maximum absolute atomic E-state index is 6.44. The molecule has 1 fully saturated rings. The smallest absolute Gasteiger partial charge is 0.0663 e. The van der Waals surface area contributed by atoms with Crippen LogP contribution in [0.3, 0.4) is 0 Å². The minimum atomic E-state index is 0.700. The van der Waals surface area contributed by atoms with E-state index >= 15 is 0 Å². The number of rotatable bonds is 6. The molecule has 4 heteroatoms. The van der Waals surface area contributed by atoms with Crippen molar-refractivity contribution in [3.63, 3.8) is 0 Å². The minimum absolute atomic E-state index is 0.700. The normalized spacial score (nSPS) is 14.6. The zero-order valence-electron chi connectivity index (χ0n) is 12.7. The predicted octanol–water partition coefficient (Wildman–Crippen LogP) is 3.90. The van der Waals surface area contributed by atoms with Crippen LogP contribution in [0.2, 0.25) is 5.02 Å². The van der Waals surface area contributed by atoms with E-state index in [0.717, 1.165) is 41.4 Å². The van der Waals surface area contributed by atoms with Gasteiger partial charge in [-0.05, 0) is 49.4 Å². The Labute approximate surface area is 131 Å². The zero-order chi connectivity index (χ0) is 14.8. The fraction of sp³-hybridized carbons (Fsp3) is 0.471. The Morgan fingerprint density at radius 2 is 2.05 bits per heavy atom. The van der Waals surface area contributed by atoms with Crippen molar-refractivity contribution in [2.75, 3.05) is 0 Å². The summed E-state index contributed by atoms with van der Waals surface area (Å²) in [6.45, 7) is 5.14. The predicted molar refractivity (Wildman–Crippen MR) is 87.2 cm³/mol. The van der Waals surface area contributed by atoms with Crippen molar-refractivity contribution in [3.05, 3.63) is 46.2 Å². The maximum atomic E-state index is 6.44. The van der Waals surface area contributed by atoms with Crippen LogP contribution in [-0.2, 0) is 19.4 Å². The summed E-state index contributed by atoms with van der Waals surface area (Å²) in [5.74, 6) is 0. The molecule has 1 N–H and O–H groups in total. The number of hydrogen-bond donors (Lipinski definition) is 1. The summed E-state index contributed by atoms with van der Waals surface area (Å²) in [5, 5.41) is 8.99. The number of aryl methyl sites for hydroxylation is 2. The number of halogens is 1. The van der Waals surface area contributed by atoms with E-state index in [1.54, 1.807) is 0 Å². The third-order valence-electron chi connectivity index (χ3n) is 4.00. The van der Waals surface area contributed by atoms with Gasteiger partial charge >= 0.3 is 0 Å². The molecule has 0 amide bonds. The largest absolute Gasteiger partial charge is 0.310 e. The number of nitrogens with zero attached hydrogens (tertiary/aromatic N) is 2. The molecule has 0 aliphatic heterocycles. The fourth-order valence-electron chi connectivity index (χ4n) is 2.48. The molecule has 0 unspecified atom stereocenters. The summed E-state index contributed by atoms with van der Waals surface area (Å²) in [4.78, 5) is 0. The van der Waals surface area contributed by atoms with Gasteiger partial charge < -0.3 is 5.32 Å². The van der Waals surface area contributed by atoms with Crippen molar-refractivity contribution in [1.29, 1.82) is 0 Å². The zero-order valence-corrected chi connectivity index (χ0v) is 13.5. The highest BCUT2D eigenvalue weighted by Gasteiger charge is 2.20. The van der Waals surface area contributed by atoms with Gasteiger partial charge in [0.15, 0.2) is 0 Å². The SMILES string of the molecule is CCc1cc(CC)n(-c2ccc(CNC3CC3)c(Cl)c2)n1. The third kappa shape index (κ3) is 3.30. The second-order valence-electron chi connectivity index (χ2n) is 5.68. The molecule has 1 aliphatic carbocycles. The van der Waals surface area contributed by atoms with Gasteiger partial charge in [-0.15, -0.1) is 0 Å². The van der Waals surface area contributed by atoms with Gasteiger partial charge in [-0.2, -0.15) is 5.10 Å². The van der Waals surface area contributed by atoms with E-state index in [2.05, 4.69) is 42.5 Å². The molecule has 1 saturated carbocycles. The lowest BCUT2D eigenvalue weighted by Crippen LogP contribution is -2.15. The highest BCUT2D eigenvalue weighted by Crippen LogP contribution is 2.24. The van der Waals surface area contributed by atoms with Crippen LogP contribution >= 0.6 is 11.6 Å². The van der Waals surface area contributed by atoms with Crippen LogP contribution in [0.25, 0.3) is 5.69 Å². The molecule has 112 valence electrons. The number of nitrogens with one attached hydrogen (secondary N) is 1. The molecule has 21 heavy (non-hydrogen) atoms. The van der Waals surface area contributed by atoms with E-state index in [0.29, 0.717) is 6.04 Å². The van der Waals surface area contributed by atoms with Crippen LogP contribution in [0, 0.1) is 0 Å². The van der Waals surface area contributed by atoms with Gasteiger partial charge in [0.2, 0.25) is 0 Å². The van der Waals surface area contributed by atoms with Gasteiger partial charge in [-0.3, -0.25) is 0 Å². The van der Waals surface area contributed by atoms with Crippen LogP contribution in [0.1, 0.15) is 43.6 Å². The monoisotopic (exact) mass is 303 g/mol. The first-order valence-electron chi connectivity index (χ1n) is 7.81. The lowest BCUT2D eigenvalue weighted by molar-refractivity contribution is 0.687. The maximum Gasteiger partial charge on any atom is 0.0663 e. The van der Waals surface area contributed by atoms with Crippen molar-refractivity contribution in [3.8, 4) is 5.69 Å². The first kappa shape index (κ1) is 14.6. The molecular weight excluding hydrogens is 282 g/mol. The van der Waals surface area contributed by atoms with E-state index in [-0.39, 0.29) is 0 Å². The van der Waals surface area contributed by atoms with Gasteiger partial charge in [-0.25, -0.2) is 4.68 Å². The molecule has 3 rings (SSSR count). The Bertz CT molecular complexity index is 629. The summed E-state index contributed by atoms with van der Waals surface area (Å²) in [6, 6.07) is 9.12. The summed E-state index contributed by atoms with van der Waals surface area (Å²) >= 11 is 6.44. The summed E-state index contributed by atoms with van der Waals surface area (Å²) < 4.78 is 2.02. The molecule has 1 aliphatic rings.